The number of carboxylic acid groups (broad SMARTS) is 1. The van der Waals surface area contributed by atoms with Gasteiger partial charge in [0.25, 0.3) is 0 Å². The monoisotopic (exact) mass is 644 g/mol. The van der Waals surface area contributed by atoms with Crippen LogP contribution in [0.1, 0.15) is 98.0 Å². The smallest absolute Gasteiger partial charge is 0.303 e. The molecule has 7 nitrogen and oxygen atoms in total. The van der Waals surface area contributed by atoms with Crippen LogP contribution >= 0.6 is 0 Å². The van der Waals surface area contributed by atoms with Gasteiger partial charge in [0.1, 0.15) is 12.2 Å². The Hall–Kier alpha value is -3.19. The minimum atomic E-state index is -0.945. The zero-order valence-corrected chi connectivity index (χ0v) is 28.6. The number of esters is 2. The van der Waals surface area contributed by atoms with Gasteiger partial charge in [0.2, 0.25) is 0 Å². The molecule has 0 radical (unpaired) electrons. The van der Waals surface area contributed by atoms with E-state index in [0.29, 0.717) is 19.3 Å². The zero-order chi connectivity index (χ0) is 33.7. The maximum Gasteiger partial charge on any atom is 0.303 e. The van der Waals surface area contributed by atoms with Crippen LogP contribution < -0.4 is 0 Å². The Morgan fingerprint density at radius 1 is 0.872 bits per heavy atom. The fourth-order valence-electron chi connectivity index (χ4n) is 11.3. The molecule has 11 atom stereocenters. The number of hydrogen-bond donors (Lipinski definition) is 2. The number of rotatable bonds is 8. The van der Waals surface area contributed by atoms with Gasteiger partial charge in [0, 0.05) is 31.6 Å². The number of aliphatic carboxylic acids is 1. The molecule has 0 bridgehead atoms. The van der Waals surface area contributed by atoms with Gasteiger partial charge in [-0.2, -0.15) is 0 Å². The second-order valence-corrected chi connectivity index (χ2v) is 15.8. The predicted octanol–water partition coefficient (Wildman–Crippen LogP) is 7.78. The van der Waals surface area contributed by atoms with Gasteiger partial charge in [-0.3, -0.25) is 14.4 Å². The van der Waals surface area contributed by atoms with E-state index in [1.165, 1.54) is 13.8 Å². The van der Waals surface area contributed by atoms with Crippen LogP contribution in [-0.2, 0) is 29.5 Å². The van der Waals surface area contributed by atoms with E-state index in [0.717, 1.165) is 48.8 Å². The summed E-state index contributed by atoms with van der Waals surface area (Å²) in [6, 6.07) is 18.6. The Kier molecular flexibility index (Phi) is 9.10. The first-order valence-electron chi connectivity index (χ1n) is 17.7. The van der Waals surface area contributed by atoms with Crippen molar-refractivity contribution in [3.8, 4) is 11.1 Å². The van der Waals surface area contributed by atoms with Crippen molar-refractivity contribution in [2.45, 2.75) is 110 Å². The number of fused-ring (bicyclic) bond motifs is 5. The van der Waals surface area contributed by atoms with Crippen molar-refractivity contribution in [2.24, 2.45) is 46.3 Å². The Morgan fingerprint density at radius 2 is 1.53 bits per heavy atom. The molecule has 0 saturated heterocycles. The molecule has 4 fully saturated rings. The zero-order valence-electron chi connectivity index (χ0n) is 28.6. The maximum absolute atomic E-state index is 12.8. The normalized spacial score (nSPS) is 38.3. The van der Waals surface area contributed by atoms with Crippen molar-refractivity contribution < 1.29 is 34.1 Å². The highest BCUT2D eigenvalue weighted by atomic mass is 16.6. The summed E-state index contributed by atoms with van der Waals surface area (Å²) in [6.45, 7) is 9.56. The van der Waals surface area contributed by atoms with E-state index in [4.69, 9.17) is 9.47 Å². The summed E-state index contributed by atoms with van der Waals surface area (Å²) in [4.78, 5) is 37.1. The summed E-state index contributed by atoms with van der Waals surface area (Å²) in [5, 5.41) is 21.6. The van der Waals surface area contributed by atoms with Gasteiger partial charge in [-0.05, 0) is 103 Å². The van der Waals surface area contributed by atoms with Crippen LogP contribution in [0.15, 0.2) is 54.6 Å². The third-order valence-corrected chi connectivity index (χ3v) is 13.5. The number of ether oxygens (including phenoxy) is 2. The molecule has 2 aromatic carbocycles. The summed E-state index contributed by atoms with van der Waals surface area (Å²) < 4.78 is 12.6. The maximum atomic E-state index is 12.8. The highest BCUT2D eigenvalue weighted by molar-refractivity contribution is 5.68. The lowest BCUT2D eigenvalue weighted by molar-refractivity contribution is -0.253. The van der Waals surface area contributed by atoms with E-state index in [1.54, 1.807) is 0 Å². The Bertz CT molecular complexity index is 1470. The van der Waals surface area contributed by atoms with E-state index >= 15 is 0 Å². The number of aliphatic hydroxyl groups is 1. The van der Waals surface area contributed by atoms with E-state index in [2.05, 4.69) is 57.2 Å². The summed E-state index contributed by atoms with van der Waals surface area (Å²) >= 11 is 0. The Morgan fingerprint density at radius 3 is 2.17 bits per heavy atom. The molecule has 2 N–H and O–H groups in total. The largest absolute Gasteiger partial charge is 0.481 e. The van der Waals surface area contributed by atoms with Gasteiger partial charge in [0.05, 0.1) is 5.60 Å². The predicted molar refractivity (Wildman–Crippen MR) is 179 cm³/mol. The second kappa shape index (κ2) is 12.7. The standard InChI is InChI=1S/C40H52O7/c1-24(11-20-34(43)44)32-18-19-33-31-17-16-30-23-40(45,29-14-12-28(13-15-29)27-9-7-6-8-10-27)22-21-38(30,4)35(31)36(46-25(2)41)37(39(32,33)5)47-26(3)42/h6-10,12-15,24,30-33,35-37,45H,11,16-23H2,1-5H3,(H,43,44)/t24-,30-,31+,32-,33+,35-,36?,37?,38+,39-,40-/m1/s1. The van der Waals surface area contributed by atoms with Gasteiger partial charge in [-0.25, -0.2) is 0 Å². The molecule has 0 amide bonds. The minimum absolute atomic E-state index is 0.00865. The van der Waals surface area contributed by atoms with Crippen LogP contribution in [0.4, 0.5) is 0 Å². The van der Waals surface area contributed by atoms with Crippen LogP contribution in [0.3, 0.4) is 0 Å². The summed E-state index contributed by atoms with van der Waals surface area (Å²) in [7, 11) is 0. The molecule has 4 aliphatic rings. The molecule has 0 aliphatic heterocycles. The lowest BCUT2D eigenvalue weighted by atomic mass is 9.42. The fraction of sp³-hybridized carbons (Fsp3) is 0.625. The molecule has 0 spiro atoms. The third kappa shape index (κ3) is 5.91. The summed E-state index contributed by atoms with van der Waals surface area (Å²) in [5.74, 6) is -0.536. The Labute approximate surface area is 279 Å². The van der Waals surface area contributed by atoms with Crippen molar-refractivity contribution >= 4 is 17.9 Å². The number of hydrogen-bond acceptors (Lipinski definition) is 6. The number of carboxylic acids is 1. The first-order chi connectivity index (χ1) is 22.3. The van der Waals surface area contributed by atoms with Crippen LogP contribution in [-0.4, -0.2) is 40.3 Å². The molecule has 4 saturated carbocycles. The molecule has 4 aliphatic carbocycles. The first-order valence-corrected chi connectivity index (χ1v) is 17.7. The molecular formula is C40H52O7. The van der Waals surface area contributed by atoms with E-state index < -0.39 is 29.2 Å². The molecule has 2 aromatic rings. The Balaban J connectivity index is 1.33. The van der Waals surface area contributed by atoms with E-state index in [1.807, 2.05) is 18.2 Å². The van der Waals surface area contributed by atoms with E-state index in [-0.39, 0.29) is 59.3 Å². The summed E-state index contributed by atoms with van der Waals surface area (Å²) in [5.41, 5.74) is 1.61. The fourth-order valence-corrected chi connectivity index (χ4v) is 11.3. The first kappa shape index (κ1) is 33.7. The molecule has 2 unspecified atom stereocenters. The molecule has 0 heterocycles. The van der Waals surface area contributed by atoms with Crippen molar-refractivity contribution in [1.82, 2.24) is 0 Å². The van der Waals surface area contributed by atoms with Crippen molar-refractivity contribution in [1.29, 1.82) is 0 Å². The second-order valence-electron chi connectivity index (χ2n) is 15.8. The van der Waals surface area contributed by atoms with Crippen molar-refractivity contribution in [2.75, 3.05) is 0 Å². The molecule has 7 heteroatoms. The highest BCUT2D eigenvalue weighted by Crippen LogP contribution is 2.70. The molecular weight excluding hydrogens is 592 g/mol. The molecule has 47 heavy (non-hydrogen) atoms. The average Bonchev–Trinajstić information content (AvgIpc) is 3.40. The van der Waals surface area contributed by atoms with E-state index in [9.17, 15) is 24.6 Å². The number of carbonyl (C=O) groups excluding carboxylic acids is 2. The number of carbonyl (C=O) groups is 3. The third-order valence-electron chi connectivity index (χ3n) is 13.5. The number of benzene rings is 2. The quantitative estimate of drug-likeness (QED) is 0.282. The van der Waals surface area contributed by atoms with Gasteiger partial charge >= 0.3 is 17.9 Å². The van der Waals surface area contributed by atoms with Crippen LogP contribution in [0.2, 0.25) is 0 Å². The molecule has 254 valence electrons. The van der Waals surface area contributed by atoms with Crippen molar-refractivity contribution in [3.63, 3.8) is 0 Å². The van der Waals surface area contributed by atoms with Gasteiger partial charge in [-0.1, -0.05) is 75.4 Å². The lowest BCUT2D eigenvalue weighted by Crippen LogP contribution is -2.67. The van der Waals surface area contributed by atoms with Gasteiger partial charge in [0.15, 0.2) is 0 Å². The lowest BCUT2D eigenvalue weighted by Gasteiger charge is -2.65. The topological polar surface area (TPSA) is 110 Å². The van der Waals surface area contributed by atoms with Crippen LogP contribution in [0.25, 0.3) is 11.1 Å². The molecule has 0 aromatic heterocycles. The molecule has 6 rings (SSSR count). The highest BCUT2D eigenvalue weighted by Gasteiger charge is 2.70. The minimum Gasteiger partial charge on any atom is -0.481 e. The van der Waals surface area contributed by atoms with Crippen molar-refractivity contribution in [3.05, 3.63) is 60.2 Å². The van der Waals surface area contributed by atoms with Gasteiger partial charge in [-0.15, -0.1) is 0 Å². The summed E-state index contributed by atoms with van der Waals surface area (Å²) in [6.07, 6.45) is 5.36. The van der Waals surface area contributed by atoms with Crippen LogP contribution in [0, 0.1) is 46.3 Å². The average molecular weight is 645 g/mol. The SMILES string of the molecule is CC(=O)OC1C(OC(C)=O)[C@]2(C)[C@@H]([C@H](C)CCC(=O)O)CC[C@H]2[C@@H]2CC[C@@H]3C[C@@](O)(c4ccc(-c5ccccc5)cc4)CC[C@]3(C)[C@@H]12. The van der Waals surface area contributed by atoms with Crippen LogP contribution in [0.5, 0.6) is 0 Å². The van der Waals surface area contributed by atoms with Gasteiger partial charge < -0.3 is 19.7 Å².